The number of para-hydroxylation sites is 1. The van der Waals surface area contributed by atoms with E-state index in [4.69, 9.17) is 5.41 Å². The molecule has 5 rings (SSSR count). The number of rotatable bonds is 5. The van der Waals surface area contributed by atoms with Crippen molar-refractivity contribution in [2.45, 2.75) is 40.2 Å². The van der Waals surface area contributed by atoms with Crippen LogP contribution in [0.5, 0.6) is 0 Å². The first-order valence-electron chi connectivity index (χ1n) is 11.1. The number of benzene rings is 2. The molecule has 2 aliphatic rings. The Morgan fingerprint density at radius 2 is 1.85 bits per heavy atom. The van der Waals surface area contributed by atoms with Crippen molar-refractivity contribution in [2.24, 2.45) is 10.1 Å². The molecule has 3 aromatic rings. The average Bonchev–Trinajstić information content (AvgIpc) is 3.32. The summed E-state index contributed by atoms with van der Waals surface area (Å²) in [6, 6.07) is 16.6. The van der Waals surface area contributed by atoms with Crippen LogP contribution in [0.2, 0.25) is 0 Å². The summed E-state index contributed by atoms with van der Waals surface area (Å²) in [6.45, 7) is 7.01. The number of amidine groups is 2. The van der Waals surface area contributed by atoms with E-state index in [0.29, 0.717) is 5.17 Å². The standard InChI is InChI=1S/C26H25N5OS/c1-4-9-23-29-31-24(27)21(25(32)28-26(31)33-23)14-20-17(3)30(22-13-8-7-12-19(20)22)15-18-11-6-5-10-16(18)2/h5-8,10-14,27H,4,9,15H2,1-3H3/b21-14+,27-24?. The van der Waals surface area contributed by atoms with Gasteiger partial charge in [-0.25, -0.2) is 0 Å². The van der Waals surface area contributed by atoms with E-state index >= 15 is 0 Å². The van der Waals surface area contributed by atoms with Crippen LogP contribution in [0.1, 0.15) is 42.1 Å². The number of aryl methyl sites for hydroxylation is 1. The van der Waals surface area contributed by atoms with Gasteiger partial charge < -0.3 is 4.57 Å². The third-order valence-corrected chi connectivity index (χ3v) is 7.09. The minimum atomic E-state index is -0.387. The zero-order valence-electron chi connectivity index (χ0n) is 18.9. The molecule has 6 nitrogen and oxygen atoms in total. The minimum absolute atomic E-state index is 0.0822. The van der Waals surface area contributed by atoms with Gasteiger partial charge in [0.1, 0.15) is 5.04 Å². The number of hydrazone groups is 1. The van der Waals surface area contributed by atoms with Gasteiger partial charge in [-0.3, -0.25) is 10.2 Å². The van der Waals surface area contributed by atoms with E-state index in [9.17, 15) is 4.79 Å². The van der Waals surface area contributed by atoms with Crippen molar-refractivity contribution in [3.05, 3.63) is 76.5 Å². The van der Waals surface area contributed by atoms with E-state index in [-0.39, 0.29) is 17.3 Å². The van der Waals surface area contributed by atoms with Crippen molar-refractivity contribution in [3.63, 3.8) is 0 Å². The fourth-order valence-corrected chi connectivity index (χ4v) is 5.28. The Kier molecular flexibility index (Phi) is 5.50. The van der Waals surface area contributed by atoms with Crippen LogP contribution in [0, 0.1) is 19.3 Å². The maximum atomic E-state index is 12.9. The molecular weight excluding hydrogens is 430 g/mol. The van der Waals surface area contributed by atoms with Gasteiger partial charge in [0.2, 0.25) is 5.17 Å². The molecule has 0 saturated carbocycles. The van der Waals surface area contributed by atoms with Crippen molar-refractivity contribution in [1.29, 1.82) is 5.41 Å². The van der Waals surface area contributed by atoms with Crippen molar-refractivity contribution in [2.75, 3.05) is 0 Å². The number of hydrogen-bond donors (Lipinski definition) is 1. The van der Waals surface area contributed by atoms with Gasteiger partial charge in [-0.15, -0.1) is 0 Å². The molecule has 1 N–H and O–H groups in total. The second-order valence-corrected chi connectivity index (χ2v) is 9.33. The highest BCUT2D eigenvalue weighted by Crippen LogP contribution is 2.33. The summed E-state index contributed by atoms with van der Waals surface area (Å²) in [6.07, 6.45) is 3.58. The topological polar surface area (TPSA) is 73.8 Å². The van der Waals surface area contributed by atoms with Crippen LogP contribution in [0.15, 0.2) is 64.2 Å². The molecule has 33 heavy (non-hydrogen) atoms. The molecule has 3 heterocycles. The number of aromatic nitrogens is 1. The molecule has 0 saturated heterocycles. The van der Waals surface area contributed by atoms with Crippen LogP contribution >= 0.6 is 11.8 Å². The number of fused-ring (bicyclic) bond motifs is 2. The first kappa shape index (κ1) is 21.4. The Morgan fingerprint density at radius 3 is 2.64 bits per heavy atom. The normalized spacial score (nSPS) is 17.1. The Hall–Kier alpha value is -3.45. The molecule has 0 fully saturated rings. The van der Waals surface area contributed by atoms with Gasteiger partial charge in [0.25, 0.3) is 5.91 Å². The van der Waals surface area contributed by atoms with Crippen molar-refractivity contribution < 1.29 is 4.79 Å². The molecule has 0 unspecified atom stereocenters. The lowest BCUT2D eigenvalue weighted by molar-refractivity contribution is -0.114. The third kappa shape index (κ3) is 3.72. The Labute approximate surface area is 197 Å². The number of amides is 1. The van der Waals surface area contributed by atoms with Gasteiger partial charge in [-0.1, -0.05) is 49.4 Å². The lowest BCUT2D eigenvalue weighted by Gasteiger charge is -2.20. The van der Waals surface area contributed by atoms with Crippen molar-refractivity contribution in [1.82, 2.24) is 9.58 Å². The third-order valence-electron chi connectivity index (χ3n) is 6.12. The van der Waals surface area contributed by atoms with Gasteiger partial charge in [0.05, 0.1) is 5.57 Å². The summed E-state index contributed by atoms with van der Waals surface area (Å²) in [5.74, 6) is -0.305. The molecule has 0 atom stereocenters. The Balaban J connectivity index is 1.60. The molecule has 2 aliphatic heterocycles. The summed E-state index contributed by atoms with van der Waals surface area (Å²) in [5, 5.41) is 17.1. The Bertz CT molecular complexity index is 1390. The van der Waals surface area contributed by atoms with Gasteiger partial charge in [0, 0.05) is 28.7 Å². The first-order chi connectivity index (χ1) is 16.0. The molecule has 1 aromatic heterocycles. The second kappa shape index (κ2) is 8.48. The first-order valence-corrected chi connectivity index (χ1v) is 11.9. The van der Waals surface area contributed by atoms with Gasteiger partial charge in [-0.05, 0) is 61.7 Å². The zero-order chi connectivity index (χ0) is 23.1. The zero-order valence-corrected chi connectivity index (χ0v) is 19.7. The fourth-order valence-electron chi connectivity index (χ4n) is 4.29. The van der Waals surface area contributed by atoms with Crippen molar-refractivity contribution in [3.8, 4) is 0 Å². The predicted octanol–water partition coefficient (Wildman–Crippen LogP) is 5.73. The summed E-state index contributed by atoms with van der Waals surface area (Å²) in [4.78, 5) is 17.1. The predicted molar refractivity (Wildman–Crippen MR) is 137 cm³/mol. The average molecular weight is 456 g/mol. The van der Waals surface area contributed by atoms with Gasteiger partial charge in [-0.2, -0.15) is 15.1 Å². The number of hydrogen-bond acceptors (Lipinski definition) is 4. The highest BCUT2D eigenvalue weighted by Gasteiger charge is 2.35. The van der Waals surface area contributed by atoms with E-state index in [0.717, 1.165) is 46.6 Å². The molecule has 2 aromatic carbocycles. The summed E-state index contributed by atoms with van der Waals surface area (Å²) >= 11 is 1.38. The summed E-state index contributed by atoms with van der Waals surface area (Å²) in [7, 11) is 0. The Morgan fingerprint density at radius 1 is 1.09 bits per heavy atom. The number of carbonyl (C=O) groups excluding carboxylic acids is 1. The smallest absolute Gasteiger partial charge is 0.283 e. The molecule has 0 spiro atoms. The number of carbonyl (C=O) groups is 1. The van der Waals surface area contributed by atoms with E-state index in [1.807, 2.05) is 18.2 Å². The summed E-state index contributed by atoms with van der Waals surface area (Å²) < 4.78 is 2.28. The van der Waals surface area contributed by atoms with Crippen LogP contribution < -0.4 is 0 Å². The number of nitrogens with one attached hydrogen (secondary N) is 1. The van der Waals surface area contributed by atoms with Crippen molar-refractivity contribution >= 4 is 50.7 Å². The highest BCUT2D eigenvalue weighted by molar-refractivity contribution is 8.26. The van der Waals surface area contributed by atoms with Crippen LogP contribution in [-0.2, 0) is 11.3 Å². The lowest BCUT2D eigenvalue weighted by Crippen LogP contribution is -2.35. The van der Waals surface area contributed by atoms with Gasteiger partial charge >= 0.3 is 0 Å². The minimum Gasteiger partial charge on any atom is -0.340 e. The summed E-state index contributed by atoms with van der Waals surface area (Å²) in [5.41, 5.74) is 5.85. The van der Waals surface area contributed by atoms with E-state index in [1.54, 1.807) is 0 Å². The number of nitrogens with zero attached hydrogens (tertiary/aromatic N) is 4. The number of thioether (sulfide) groups is 1. The molecular formula is C26H25N5OS. The fraction of sp³-hybridized carbons (Fsp3) is 0.231. The molecule has 0 bridgehead atoms. The monoisotopic (exact) mass is 455 g/mol. The molecule has 1 amide bonds. The lowest BCUT2D eigenvalue weighted by atomic mass is 10.1. The van der Waals surface area contributed by atoms with Crippen LogP contribution in [-0.4, -0.2) is 31.5 Å². The molecule has 0 aliphatic carbocycles. The van der Waals surface area contributed by atoms with E-state index in [2.05, 4.69) is 71.8 Å². The molecule has 166 valence electrons. The number of aliphatic imine (C=N–C) groups is 1. The molecule has 7 heteroatoms. The molecule has 0 radical (unpaired) electrons. The second-order valence-electron chi connectivity index (χ2n) is 8.29. The van der Waals surface area contributed by atoms with Gasteiger partial charge in [0.15, 0.2) is 5.84 Å². The SMILES string of the molecule is CCCC1=NN2C(=N)/C(=C\c3c(C)n(Cc4ccccc4C)c4ccccc34)C(=O)N=C2S1. The van der Waals surface area contributed by atoms with Crippen LogP contribution in [0.3, 0.4) is 0 Å². The maximum Gasteiger partial charge on any atom is 0.283 e. The highest BCUT2D eigenvalue weighted by atomic mass is 32.2. The maximum absolute atomic E-state index is 12.9. The van der Waals surface area contributed by atoms with E-state index in [1.165, 1.54) is 27.9 Å². The van der Waals surface area contributed by atoms with E-state index < -0.39 is 0 Å². The largest absolute Gasteiger partial charge is 0.340 e. The quantitative estimate of drug-likeness (QED) is 0.500. The van der Waals surface area contributed by atoms with Crippen LogP contribution in [0.4, 0.5) is 0 Å². The van der Waals surface area contributed by atoms with Crippen LogP contribution in [0.25, 0.3) is 17.0 Å².